The van der Waals surface area contributed by atoms with Crippen molar-refractivity contribution in [1.29, 1.82) is 0 Å². The van der Waals surface area contributed by atoms with Gasteiger partial charge in [-0.3, -0.25) is 0 Å². The Hall–Kier alpha value is -2.35. The van der Waals surface area contributed by atoms with Crippen molar-refractivity contribution in [3.63, 3.8) is 0 Å². The molecule has 7 nitrogen and oxygen atoms in total. The van der Waals surface area contributed by atoms with Gasteiger partial charge < -0.3 is 14.8 Å². The van der Waals surface area contributed by atoms with Crippen LogP contribution in [-0.2, 0) is 9.47 Å². The molecule has 0 fully saturated rings. The van der Waals surface area contributed by atoms with Crippen LogP contribution in [0.1, 0.15) is 20.8 Å². The second-order valence-corrected chi connectivity index (χ2v) is 6.86. The second kappa shape index (κ2) is 7.48. The van der Waals surface area contributed by atoms with Crippen molar-refractivity contribution >= 4 is 39.6 Å². The van der Waals surface area contributed by atoms with Crippen LogP contribution in [0.4, 0.5) is 15.4 Å². The average Bonchev–Trinajstić information content (AvgIpc) is 2.92. The molecule has 1 aromatic heterocycles. The lowest BCUT2D eigenvalue weighted by molar-refractivity contribution is 0.0253. The van der Waals surface area contributed by atoms with Crippen molar-refractivity contribution in [3.8, 4) is 0 Å². The van der Waals surface area contributed by atoms with Crippen LogP contribution in [0.3, 0.4) is 0 Å². The number of nitrogens with one attached hydrogen (secondary N) is 1. The third kappa shape index (κ3) is 4.58. The predicted octanol–water partition coefficient (Wildman–Crippen LogP) is 3.71. The van der Waals surface area contributed by atoms with Gasteiger partial charge >= 0.3 is 12.2 Å². The Morgan fingerprint density at radius 1 is 1.25 bits per heavy atom. The number of imide groups is 1. The van der Waals surface area contributed by atoms with E-state index >= 15 is 0 Å². The van der Waals surface area contributed by atoms with Crippen molar-refractivity contribution in [2.45, 2.75) is 26.4 Å². The first-order chi connectivity index (χ1) is 11.3. The van der Waals surface area contributed by atoms with Crippen molar-refractivity contribution in [1.82, 2.24) is 9.27 Å². The normalized spacial score (nSPS) is 11.2. The van der Waals surface area contributed by atoms with Gasteiger partial charge in [-0.2, -0.15) is 4.37 Å². The fourth-order valence-corrected chi connectivity index (χ4v) is 2.74. The maximum atomic E-state index is 12.1. The van der Waals surface area contributed by atoms with E-state index in [-0.39, 0.29) is 6.54 Å². The summed E-state index contributed by atoms with van der Waals surface area (Å²) < 4.78 is 15.3. The first kappa shape index (κ1) is 18.0. The lowest BCUT2D eigenvalue weighted by atomic mass is 10.2. The quantitative estimate of drug-likeness (QED) is 0.904. The molecule has 0 unspecified atom stereocenters. The maximum Gasteiger partial charge on any atom is 0.419 e. The Bertz CT molecular complexity index is 723. The number of nitrogens with zero attached hydrogens (tertiary/aromatic N) is 2. The number of methoxy groups -OCH3 is 1. The number of anilines is 1. The third-order valence-electron chi connectivity index (χ3n) is 3.01. The van der Waals surface area contributed by atoms with E-state index in [0.717, 1.165) is 20.8 Å². The topological polar surface area (TPSA) is 80.8 Å². The Morgan fingerprint density at radius 2 is 1.96 bits per heavy atom. The third-order valence-corrected chi connectivity index (χ3v) is 3.84. The molecule has 0 saturated heterocycles. The number of hydrogen-bond acceptors (Lipinski definition) is 7. The highest BCUT2D eigenvalue weighted by Crippen LogP contribution is 2.25. The van der Waals surface area contributed by atoms with Gasteiger partial charge in [0, 0.05) is 11.9 Å². The summed E-state index contributed by atoms with van der Waals surface area (Å²) in [5, 5.41) is 4.14. The summed E-state index contributed by atoms with van der Waals surface area (Å²) in [7, 11) is 1.22. The summed E-state index contributed by atoms with van der Waals surface area (Å²) in [4.78, 5) is 24.9. The van der Waals surface area contributed by atoms with Crippen molar-refractivity contribution in [3.05, 3.63) is 24.3 Å². The summed E-state index contributed by atoms with van der Waals surface area (Å²) in [6, 6.07) is 7.84. The largest absolute Gasteiger partial charge is 0.452 e. The minimum atomic E-state index is -0.755. The first-order valence-corrected chi connectivity index (χ1v) is 8.26. The molecule has 0 radical (unpaired) electrons. The number of rotatable bonds is 4. The number of hydrogen-bond donors (Lipinski definition) is 1. The van der Waals surface area contributed by atoms with Crippen LogP contribution in [0.25, 0.3) is 10.1 Å². The Labute approximate surface area is 144 Å². The number of benzene rings is 1. The Kier molecular flexibility index (Phi) is 5.61. The second-order valence-electron chi connectivity index (χ2n) is 6.06. The van der Waals surface area contributed by atoms with Crippen molar-refractivity contribution in [2.75, 3.05) is 25.5 Å². The molecule has 0 aliphatic heterocycles. The predicted molar refractivity (Wildman–Crippen MR) is 93.5 cm³/mol. The van der Waals surface area contributed by atoms with E-state index in [9.17, 15) is 9.59 Å². The minimum Gasteiger partial charge on any atom is -0.452 e. The monoisotopic (exact) mass is 351 g/mol. The van der Waals surface area contributed by atoms with Crippen LogP contribution in [0.5, 0.6) is 0 Å². The van der Waals surface area contributed by atoms with Gasteiger partial charge in [0.25, 0.3) is 0 Å². The van der Waals surface area contributed by atoms with Gasteiger partial charge in [-0.15, -0.1) is 0 Å². The van der Waals surface area contributed by atoms with E-state index in [1.165, 1.54) is 18.6 Å². The van der Waals surface area contributed by atoms with Gasteiger partial charge in [0.15, 0.2) is 0 Å². The fourth-order valence-electron chi connectivity index (χ4n) is 1.98. The number of fused-ring (bicyclic) bond motifs is 1. The molecule has 0 spiro atoms. The van der Waals surface area contributed by atoms with Crippen LogP contribution >= 0.6 is 11.5 Å². The molecule has 2 rings (SSSR count). The molecular weight excluding hydrogens is 330 g/mol. The van der Waals surface area contributed by atoms with E-state index < -0.39 is 17.8 Å². The molecule has 1 N–H and O–H groups in total. The fraction of sp³-hybridized carbons (Fsp3) is 0.438. The molecule has 0 aliphatic rings. The van der Waals surface area contributed by atoms with E-state index in [0.29, 0.717) is 6.54 Å². The first-order valence-electron chi connectivity index (χ1n) is 7.48. The summed E-state index contributed by atoms with van der Waals surface area (Å²) >= 11 is 1.39. The SMILES string of the molecule is COC(=O)N(CCNc1nsc2ccccc12)C(=O)OC(C)(C)C. The number of carbonyl (C=O) groups is 2. The molecule has 2 aromatic rings. The number of ether oxygens (including phenoxy) is 2. The minimum absolute atomic E-state index is 0.105. The van der Waals surface area contributed by atoms with Gasteiger partial charge in [0.1, 0.15) is 11.4 Å². The molecule has 0 aliphatic carbocycles. The molecule has 8 heteroatoms. The van der Waals surface area contributed by atoms with Gasteiger partial charge in [-0.25, -0.2) is 14.5 Å². The lowest BCUT2D eigenvalue weighted by Gasteiger charge is -2.25. The average molecular weight is 351 g/mol. The summed E-state index contributed by atoms with van der Waals surface area (Å²) in [6.45, 7) is 5.65. The maximum absolute atomic E-state index is 12.1. The van der Waals surface area contributed by atoms with Gasteiger partial charge in [0.05, 0.1) is 18.4 Å². The Balaban J connectivity index is 2.00. The van der Waals surface area contributed by atoms with Crippen LogP contribution < -0.4 is 5.32 Å². The molecule has 2 amide bonds. The highest BCUT2D eigenvalue weighted by atomic mass is 32.1. The van der Waals surface area contributed by atoms with E-state index in [1.54, 1.807) is 20.8 Å². The van der Waals surface area contributed by atoms with E-state index in [4.69, 9.17) is 4.74 Å². The highest BCUT2D eigenvalue weighted by Gasteiger charge is 2.27. The zero-order valence-corrected chi connectivity index (χ0v) is 15.0. The molecule has 24 heavy (non-hydrogen) atoms. The van der Waals surface area contributed by atoms with Crippen molar-refractivity contribution in [2.24, 2.45) is 0 Å². The standard InChI is InChI=1S/C16H21N3O4S/c1-16(2,3)23-15(21)19(14(20)22-4)10-9-17-13-11-7-5-6-8-12(11)24-18-13/h5-8H,9-10H2,1-4H3,(H,17,18). The Morgan fingerprint density at radius 3 is 2.62 bits per heavy atom. The molecular formula is C16H21N3O4S. The molecule has 0 bridgehead atoms. The summed E-state index contributed by atoms with van der Waals surface area (Å²) in [6.07, 6.45) is -1.49. The molecule has 1 aromatic carbocycles. The van der Waals surface area contributed by atoms with Gasteiger partial charge in [0.2, 0.25) is 0 Å². The zero-order chi connectivity index (χ0) is 17.7. The smallest absolute Gasteiger partial charge is 0.419 e. The van der Waals surface area contributed by atoms with Crippen LogP contribution in [-0.4, -0.2) is 47.3 Å². The van der Waals surface area contributed by atoms with Crippen LogP contribution in [0, 0.1) is 0 Å². The van der Waals surface area contributed by atoms with Gasteiger partial charge in [-0.1, -0.05) is 12.1 Å². The molecule has 0 atom stereocenters. The molecule has 130 valence electrons. The number of carbonyl (C=O) groups excluding carboxylic acids is 2. The molecule has 1 heterocycles. The molecule has 0 saturated carbocycles. The summed E-state index contributed by atoms with van der Waals surface area (Å²) in [5.74, 6) is 0.726. The summed E-state index contributed by atoms with van der Waals surface area (Å²) in [5.41, 5.74) is -0.693. The van der Waals surface area contributed by atoms with Crippen molar-refractivity contribution < 1.29 is 19.1 Å². The highest BCUT2D eigenvalue weighted by molar-refractivity contribution is 7.13. The lowest BCUT2D eigenvalue weighted by Crippen LogP contribution is -2.43. The van der Waals surface area contributed by atoms with E-state index in [2.05, 4.69) is 14.4 Å². The van der Waals surface area contributed by atoms with Crippen LogP contribution in [0.15, 0.2) is 24.3 Å². The number of aromatic nitrogens is 1. The van der Waals surface area contributed by atoms with Crippen LogP contribution in [0.2, 0.25) is 0 Å². The number of amides is 2. The van der Waals surface area contributed by atoms with E-state index in [1.807, 2.05) is 24.3 Å². The zero-order valence-electron chi connectivity index (χ0n) is 14.2. The van der Waals surface area contributed by atoms with Gasteiger partial charge in [-0.05, 0) is 44.4 Å².